The van der Waals surface area contributed by atoms with Crippen LogP contribution in [0.3, 0.4) is 0 Å². The molecule has 1 N–H and O–H groups in total. The van der Waals surface area contributed by atoms with E-state index in [0.29, 0.717) is 35.3 Å². The maximum Gasteiger partial charge on any atom is 0.267 e. The number of carbonyl (C=O) groups is 2. The van der Waals surface area contributed by atoms with Gasteiger partial charge in [0.2, 0.25) is 0 Å². The highest BCUT2D eigenvalue weighted by atomic mass is 35.5. The molecule has 0 bridgehead atoms. The molecule has 1 aromatic heterocycles. The first-order valence-corrected chi connectivity index (χ1v) is 12.7. The van der Waals surface area contributed by atoms with Gasteiger partial charge in [-0.15, -0.1) is 11.3 Å². The molecule has 2 fully saturated rings. The van der Waals surface area contributed by atoms with Crippen molar-refractivity contribution in [3.8, 4) is 0 Å². The van der Waals surface area contributed by atoms with Gasteiger partial charge in [0.25, 0.3) is 11.8 Å². The van der Waals surface area contributed by atoms with E-state index in [0.717, 1.165) is 48.5 Å². The minimum absolute atomic E-state index is 0.116. The summed E-state index contributed by atoms with van der Waals surface area (Å²) in [6, 6.07) is 3.86. The van der Waals surface area contributed by atoms with Crippen LogP contribution in [-0.2, 0) is 16.1 Å². The number of benzene rings is 1. The fourth-order valence-corrected chi connectivity index (χ4v) is 5.46. The van der Waals surface area contributed by atoms with E-state index >= 15 is 0 Å². The maximum absolute atomic E-state index is 12.9. The van der Waals surface area contributed by atoms with Crippen molar-refractivity contribution >= 4 is 40.4 Å². The van der Waals surface area contributed by atoms with Gasteiger partial charge in [0.1, 0.15) is 11.0 Å². The number of nitrogens with zero attached hydrogens (tertiary/aromatic N) is 3. The summed E-state index contributed by atoms with van der Waals surface area (Å²) in [4.78, 5) is 34.6. The Hall–Kier alpha value is -2.00. The molecule has 0 radical (unpaired) electrons. The highest BCUT2D eigenvalue weighted by Crippen LogP contribution is 2.28. The number of carbonyl (C=O) groups excluding carboxylic acids is 2. The number of ether oxygens (including phenoxy) is 1. The third-order valence-electron chi connectivity index (χ3n) is 6.42. The van der Waals surface area contributed by atoms with Crippen molar-refractivity contribution in [1.29, 1.82) is 0 Å². The highest BCUT2D eigenvalue weighted by Gasteiger charge is 2.33. The first-order chi connectivity index (χ1) is 15.8. The molecule has 33 heavy (non-hydrogen) atoms. The van der Waals surface area contributed by atoms with Crippen molar-refractivity contribution in [2.75, 3.05) is 31.6 Å². The van der Waals surface area contributed by atoms with Crippen LogP contribution in [0.2, 0.25) is 5.02 Å². The molecule has 3 heterocycles. The number of piperazine rings is 1. The highest BCUT2D eigenvalue weighted by molar-refractivity contribution is 7.13. The summed E-state index contributed by atoms with van der Waals surface area (Å²) in [5.41, 5.74) is 2.78. The summed E-state index contributed by atoms with van der Waals surface area (Å²) in [7, 11) is 0. The summed E-state index contributed by atoms with van der Waals surface area (Å²) < 4.78 is 5.71. The van der Waals surface area contributed by atoms with E-state index in [-0.39, 0.29) is 24.0 Å². The number of hydrogen-bond donors (Lipinski definition) is 1. The molecular formula is C24H31ClN4O3S. The summed E-state index contributed by atoms with van der Waals surface area (Å²) >= 11 is 7.77. The smallest absolute Gasteiger partial charge is 0.267 e. The van der Waals surface area contributed by atoms with Crippen LogP contribution >= 0.6 is 22.9 Å². The molecule has 1 aromatic carbocycles. The van der Waals surface area contributed by atoms with E-state index in [2.05, 4.69) is 22.1 Å². The van der Waals surface area contributed by atoms with Crippen molar-refractivity contribution in [1.82, 2.24) is 14.8 Å². The van der Waals surface area contributed by atoms with Gasteiger partial charge in [0.15, 0.2) is 0 Å². The summed E-state index contributed by atoms with van der Waals surface area (Å²) in [6.45, 7) is 9.63. The Morgan fingerprint density at radius 3 is 2.76 bits per heavy atom. The topological polar surface area (TPSA) is 74.8 Å². The Morgan fingerprint density at radius 2 is 2.09 bits per heavy atom. The van der Waals surface area contributed by atoms with Crippen molar-refractivity contribution < 1.29 is 14.3 Å². The second-order valence-corrected chi connectivity index (χ2v) is 10.6. The lowest BCUT2D eigenvalue weighted by atomic mass is 10.0. The molecule has 9 heteroatoms. The molecule has 2 aromatic rings. The second-order valence-electron chi connectivity index (χ2n) is 8.91. The van der Waals surface area contributed by atoms with Gasteiger partial charge >= 0.3 is 0 Å². The Morgan fingerprint density at radius 1 is 1.27 bits per heavy atom. The predicted molar refractivity (Wildman–Crippen MR) is 131 cm³/mol. The van der Waals surface area contributed by atoms with Gasteiger partial charge in [-0.25, -0.2) is 4.98 Å². The minimum Gasteiger partial charge on any atom is -0.368 e. The second kappa shape index (κ2) is 10.5. The van der Waals surface area contributed by atoms with Crippen LogP contribution in [0.5, 0.6) is 0 Å². The third-order valence-corrected chi connectivity index (χ3v) is 7.55. The summed E-state index contributed by atoms with van der Waals surface area (Å²) in [6.07, 6.45) is 4.23. The van der Waals surface area contributed by atoms with Crippen LogP contribution in [0.25, 0.3) is 0 Å². The standard InChI is InChI=1S/C24H31ClN4O3S/c1-15-13-28(7-8-29(15)24(31)21-6-4-5-9-32-21)14-18-10-19(25)11-20(16(18)2)27-23(30)22-12-26-17(3)33-22/h10-12,15,21H,4-9,13-14H2,1-3H3,(H,27,30)/t15-,21-/m0/s1. The van der Waals surface area contributed by atoms with Crippen molar-refractivity contribution in [3.05, 3.63) is 44.4 Å². The van der Waals surface area contributed by atoms with Gasteiger partial charge < -0.3 is 15.0 Å². The molecule has 2 aliphatic heterocycles. The zero-order chi connectivity index (χ0) is 23.5. The average molecular weight is 491 g/mol. The van der Waals surface area contributed by atoms with Gasteiger partial charge in [-0.3, -0.25) is 14.5 Å². The van der Waals surface area contributed by atoms with Gasteiger partial charge in [0.05, 0.1) is 11.2 Å². The first-order valence-electron chi connectivity index (χ1n) is 11.5. The number of aromatic nitrogens is 1. The van der Waals surface area contributed by atoms with E-state index in [4.69, 9.17) is 16.3 Å². The van der Waals surface area contributed by atoms with Gasteiger partial charge in [-0.1, -0.05) is 11.6 Å². The normalized spacial score (nSPS) is 21.8. The van der Waals surface area contributed by atoms with Gasteiger partial charge in [0, 0.05) is 49.5 Å². The van der Waals surface area contributed by atoms with Crippen molar-refractivity contribution in [3.63, 3.8) is 0 Å². The molecule has 178 valence electrons. The predicted octanol–water partition coefficient (Wildman–Crippen LogP) is 4.27. The molecule has 2 atom stereocenters. The van der Waals surface area contributed by atoms with Crippen LogP contribution in [0.15, 0.2) is 18.3 Å². The quantitative estimate of drug-likeness (QED) is 0.677. The number of nitrogens with one attached hydrogen (secondary N) is 1. The first kappa shape index (κ1) is 24.1. The van der Waals surface area contributed by atoms with Crippen LogP contribution in [0.4, 0.5) is 5.69 Å². The molecule has 0 unspecified atom stereocenters. The zero-order valence-electron chi connectivity index (χ0n) is 19.4. The van der Waals surface area contributed by atoms with Crippen LogP contribution in [0.1, 0.15) is 52.0 Å². The molecule has 2 saturated heterocycles. The zero-order valence-corrected chi connectivity index (χ0v) is 21.0. The Balaban J connectivity index is 1.41. The Labute approximate surface area is 204 Å². The number of thiazole rings is 1. The molecular weight excluding hydrogens is 460 g/mol. The summed E-state index contributed by atoms with van der Waals surface area (Å²) in [5.74, 6) is -0.0494. The van der Waals surface area contributed by atoms with E-state index in [1.165, 1.54) is 11.3 Å². The lowest BCUT2D eigenvalue weighted by Crippen LogP contribution is -2.56. The number of amides is 2. The SMILES string of the molecule is Cc1ncc(C(=O)Nc2cc(Cl)cc(CN3CCN(C(=O)[C@@H]4CCCCO4)[C@@H](C)C3)c2C)s1. The van der Waals surface area contributed by atoms with Crippen molar-refractivity contribution in [2.24, 2.45) is 0 Å². The number of hydrogen-bond acceptors (Lipinski definition) is 6. The fourth-order valence-electron chi connectivity index (χ4n) is 4.55. The lowest BCUT2D eigenvalue weighted by molar-refractivity contribution is -0.151. The van der Waals surface area contributed by atoms with E-state index in [1.54, 1.807) is 12.3 Å². The molecule has 0 saturated carbocycles. The molecule has 4 rings (SSSR count). The number of anilines is 1. The van der Waals surface area contributed by atoms with Crippen LogP contribution < -0.4 is 5.32 Å². The maximum atomic E-state index is 12.9. The number of halogens is 1. The molecule has 2 amide bonds. The number of aryl methyl sites for hydroxylation is 1. The molecule has 7 nitrogen and oxygen atoms in total. The van der Waals surface area contributed by atoms with Gasteiger partial charge in [-0.2, -0.15) is 0 Å². The van der Waals surface area contributed by atoms with Gasteiger partial charge in [-0.05, 0) is 63.3 Å². The average Bonchev–Trinajstić information content (AvgIpc) is 3.23. The van der Waals surface area contributed by atoms with Crippen LogP contribution in [-0.4, -0.2) is 65.0 Å². The lowest BCUT2D eigenvalue weighted by Gasteiger charge is -2.41. The monoisotopic (exact) mass is 490 g/mol. The third kappa shape index (κ3) is 5.74. The molecule has 0 aliphatic carbocycles. The summed E-state index contributed by atoms with van der Waals surface area (Å²) in [5, 5.41) is 4.43. The minimum atomic E-state index is -0.281. The van der Waals surface area contributed by atoms with Crippen LogP contribution in [0, 0.1) is 13.8 Å². The van der Waals surface area contributed by atoms with E-state index in [1.807, 2.05) is 24.8 Å². The Kier molecular flexibility index (Phi) is 7.69. The largest absolute Gasteiger partial charge is 0.368 e. The number of rotatable bonds is 5. The van der Waals surface area contributed by atoms with Crippen molar-refractivity contribution in [2.45, 2.75) is 58.7 Å². The molecule has 2 aliphatic rings. The van der Waals surface area contributed by atoms with E-state index in [9.17, 15) is 9.59 Å². The van der Waals surface area contributed by atoms with E-state index < -0.39 is 0 Å². The molecule has 0 spiro atoms. The Bertz CT molecular complexity index is 1020. The fraction of sp³-hybridized carbons (Fsp3) is 0.542.